The van der Waals surface area contributed by atoms with E-state index < -0.39 is 11.8 Å². The van der Waals surface area contributed by atoms with E-state index in [4.69, 9.17) is 21.7 Å². The number of para-hydroxylation sites is 2. The molecule has 0 bridgehead atoms. The molecule has 0 spiro atoms. The van der Waals surface area contributed by atoms with Crippen LogP contribution in [-0.2, 0) is 11.4 Å². The Hall–Kier alpha value is -4.17. The molecule has 168 valence electrons. The number of hydrogen-bond acceptors (Lipinski definition) is 5. The maximum absolute atomic E-state index is 12.6. The molecular formula is C25H23N3O4S. The van der Waals surface area contributed by atoms with E-state index in [1.54, 1.807) is 43.5 Å². The van der Waals surface area contributed by atoms with Gasteiger partial charge in [-0.05, 0) is 42.1 Å². The van der Waals surface area contributed by atoms with Crippen LogP contribution in [0.15, 0.2) is 84.9 Å². The second kappa shape index (κ2) is 12.0. The fourth-order valence-electron chi connectivity index (χ4n) is 2.85. The van der Waals surface area contributed by atoms with Gasteiger partial charge in [-0.3, -0.25) is 25.8 Å². The molecular weight excluding hydrogens is 438 g/mol. The van der Waals surface area contributed by atoms with Gasteiger partial charge in [0.15, 0.2) is 5.11 Å². The van der Waals surface area contributed by atoms with Gasteiger partial charge in [-0.25, -0.2) is 0 Å². The lowest BCUT2D eigenvalue weighted by Crippen LogP contribution is -2.48. The van der Waals surface area contributed by atoms with E-state index in [2.05, 4.69) is 16.2 Å². The van der Waals surface area contributed by atoms with Crippen LogP contribution < -0.4 is 25.6 Å². The second-order valence-electron chi connectivity index (χ2n) is 6.74. The molecule has 0 aliphatic rings. The lowest BCUT2D eigenvalue weighted by Gasteiger charge is -2.13. The summed E-state index contributed by atoms with van der Waals surface area (Å²) in [5, 5.41) is 2.41. The number of rotatable bonds is 7. The van der Waals surface area contributed by atoms with E-state index in [0.717, 1.165) is 11.1 Å². The Kier molecular flexibility index (Phi) is 8.55. The van der Waals surface area contributed by atoms with Crippen molar-refractivity contribution >= 4 is 35.2 Å². The van der Waals surface area contributed by atoms with Gasteiger partial charge in [-0.1, -0.05) is 60.7 Å². The lowest BCUT2D eigenvalue weighted by atomic mass is 10.2. The van der Waals surface area contributed by atoms with Crippen molar-refractivity contribution in [2.24, 2.45) is 0 Å². The van der Waals surface area contributed by atoms with Crippen molar-refractivity contribution in [2.75, 3.05) is 7.11 Å². The molecule has 0 saturated carbocycles. The van der Waals surface area contributed by atoms with E-state index in [1.807, 2.05) is 48.5 Å². The van der Waals surface area contributed by atoms with Crippen LogP contribution in [0.2, 0.25) is 0 Å². The SMILES string of the molecule is COc1ccccc1/C=C/C(=O)NC(=S)NNC(=O)c1ccccc1OCc1ccccc1. The highest BCUT2D eigenvalue weighted by Gasteiger charge is 2.13. The number of carbonyl (C=O) groups is 2. The van der Waals surface area contributed by atoms with Crippen molar-refractivity contribution in [1.29, 1.82) is 0 Å². The van der Waals surface area contributed by atoms with Gasteiger partial charge in [0.1, 0.15) is 18.1 Å². The molecule has 0 heterocycles. The Labute approximate surface area is 197 Å². The largest absolute Gasteiger partial charge is 0.496 e. The average Bonchev–Trinajstić information content (AvgIpc) is 2.85. The van der Waals surface area contributed by atoms with E-state index in [-0.39, 0.29) is 5.11 Å². The smallest absolute Gasteiger partial charge is 0.273 e. The summed E-state index contributed by atoms with van der Waals surface area (Å²) in [6.07, 6.45) is 2.93. The summed E-state index contributed by atoms with van der Waals surface area (Å²) in [5.41, 5.74) is 7.04. The first-order valence-corrected chi connectivity index (χ1v) is 10.5. The van der Waals surface area contributed by atoms with Crippen LogP contribution in [0.3, 0.4) is 0 Å². The predicted octanol–water partition coefficient (Wildman–Crippen LogP) is 3.62. The van der Waals surface area contributed by atoms with Crippen molar-refractivity contribution in [2.45, 2.75) is 6.61 Å². The zero-order valence-corrected chi connectivity index (χ0v) is 18.7. The highest BCUT2D eigenvalue weighted by Crippen LogP contribution is 2.19. The summed E-state index contributed by atoms with van der Waals surface area (Å²) < 4.78 is 11.0. The highest BCUT2D eigenvalue weighted by molar-refractivity contribution is 7.80. The second-order valence-corrected chi connectivity index (χ2v) is 7.15. The maximum atomic E-state index is 12.6. The lowest BCUT2D eigenvalue weighted by molar-refractivity contribution is -0.115. The normalized spacial score (nSPS) is 10.3. The van der Waals surface area contributed by atoms with Gasteiger partial charge in [0.05, 0.1) is 12.7 Å². The monoisotopic (exact) mass is 461 g/mol. The van der Waals surface area contributed by atoms with Gasteiger partial charge in [-0.2, -0.15) is 0 Å². The standard InChI is InChI=1S/C25H23N3O4S/c1-31-21-13-7-5-11-19(21)15-16-23(29)26-25(33)28-27-24(30)20-12-6-8-14-22(20)32-17-18-9-3-2-4-10-18/h2-16H,17H2,1H3,(H,27,30)(H2,26,28,29,33)/b16-15+. The van der Waals surface area contributed by atoms with Crippen LogP contribution in [0.5, 0.6) is 11.5 Å². The van der Waals surface area contributed by atoms with Crippen LogP contribution >= 0.6 is 12.2 Å². The molecule has 0 atom stereocenters. The summed E-state index contributed by atoms with van der Waals surface area (Å²) in [6.45, 7) is 0.325. The van der Waals surface area contributed by atoms with Crippen LogP contribution in [0.4, 0.5) is 0 Å². The Balaban J connectivity index is 1.51. The third-order valence-electron chi connectivity index (χ3n) is 4.45. The molecule has 3 rings (SSSR count). The Morgan fingerprint density at radius 1 is 0.879 bits per heavy atom. The maximum Gasteiger partial charge on any atom is 0.273 e. The van der Waals surface area contributed by atoms with Crippen molar-refractivity contribution in [1.82, 2.24) is 16.2 Å². The number of thiocarbonyl (C=S) groups is 1. The Bertz CT molecular complexity index is 1150. The van der Waals surface area contributed by atoms with Gasteiger partial charge < -0.3 is 9.47 Å². The molecule has 3 N–H and O–H groups in total. The third-order valence-corrected chi connectivity index (χ3v) is 4.65. The van der Waals surface area contributed by atoms with Crippen LogP contribution in [-0.4, -0.2) is 24.0 Å². The third kappa shape index (κ3) is 7.19. The van der Waals surface area contributed by atoms with Gasteiger partial charge in [0.2, 0.25) is 5.91 Å². The van der Waals surface area contributed by atoms with E-state index in [1.165, 1.54) is 6.08 Å². The van der Waals surface area contributed by atoms with Gasteiger partial charge >= 0.3 is 0 Å². The molecule has 33 heavy (non-hydrogen) atoms. The first kappa shape index (κ1) is 23.5. The number of amides is 2. The van der Waals surface area contributed by atoms with Gasteiger partial charge in [-0.15, -0.1) is 0 Å². The van der Waals surface area contributed by atoms with Crippen LogP contribution in [0.1, 0.15) is 21.5 Å². The molecule has 3 aromatic rings. The molecule has 7 nitrogen and oxygen atoms in total. The molecule has 0 unspecified atom stereocenters. The summed E-state index contributed by atoms with van der Waals surface area (Å²) in [6, 6.07) is 23.8. The molecule has 0 aromatic heterocycles. The average molecular weight is 462 g/mol. The minimum absolute atomic E-state index is 0.0549. The van der Waals surface area contributed by atoms with Crippen molar-refractivity contribution in [3.63, 3.8) is 0 Å². The summed E-state index contributed by atoms with van der Waals surface area (Å²) >= 11 is 5.08. The first-order valence-electron chi connectivity index (χ1n) is 10.0. The molecule has 3 aromatic carbocycles. The Morgan fingerprint density at radius 3 is 2.30 bits per heavy atom. The molecule has 2 amide bonds. The highest BCUT2D eigenvalue weighted by atomic mass is 32.1. The van der Waals surface area contributed by atoms with Crippen molar-refractivity contribution in [3.8, 4) is 11.5 Å². The molecule has 0 aliphatic heterocycles. The zero-order valence-electron chi connectivity index (χ0n) is 17.9. The predicted molar refractivity (Wildman–Crippen MR) is 131 cm³/mol. The Morgan fingerprint density at radius 2 is 1.55 bits per heavy atom. The summed E-state index contributed by atoms with van der Waals surface area (Å²) in [5.74, 6) is 0.150. The fraction of sp³-hybridized carbons (Fsp3) is 0.0800. The van der Waals surface area contributed by atoms with E-state index in [0.29, 0.717) is 23.7 Å². The molecule has 0 aliphatic carbocycles. The minimum Gasteiger partial charge on any atom is -0.496 e. The van der Waals surface area contributed by atoms with E-state index in [9.17, 15) is 9.59 Å². The number of nitrogens with one attached hydrogen (secondary N) is 3. The van der Waals surface area contributed by atoms with Crippen molar-refractivity contribution < 1.29 is 19.1 Å². The van der Waals surface area contributed by atoms with Crippen LogP contribution in [0, 0.1) is 0 Å². The number of ether oxygens (including phenoxy) is 2. The molecule has 8 heteroatoms. The number of benzene rings is 3. The van der Waals surface area contributed by atoms with Gasteiger partial charge in [0, 0.05) is 11.6 Å². The van der Waals surface area contributed by atoms with Crippen molar-refractivity contribution in [3.05, 3.63) is 102 Å². The van der Waals surface area contributed by atoms with Gasteiger partial charge in [0.25, 0.3) is 5.91 Å². The topological polar surface area (TPSA) is 88.7 Å². The number of hydrazine groups is 1. The first-order chi connectivity index (χ1) is 16.1. The summed E-state index contributed by atoms with van der Waals surface area (Å²) in [4.78, 5) is 24.7. The molecule has 0 fully saturated rings. The van der Waals surface area contributed by atoms with E-state index >= 15 is 0 Å². The molecule has 0 saturated heterocycles. The quantitative estimate of drug-likeness (QED) is 0.283. The summed E-state index contributed by atoms with van der Waals surface area (Å²) in [7, 11) is 1.55. The zero-order chi connectivity index (χ0) is 23.5. The molecule has 0 radical (unpaired) electrons. The fourth-order valence-corrected chi connectivity index (χ4v) is 3.00. The number of methoxy groups -OCH3 is 1. The van der Waals surface area contributed by atoms with Crippen LogP contribution in [0.25, 0.3) is 6.08 Å². The number of carbonyl (C=O) groups excluding carboxylic acids is 2. The minimum atomic E-state index is -0.459. The number of hydrogen-bond donors (Lipinski definition) is 3.